The normalized spacial score (nSPS) is 46.0. The van der Waals surface area contributed by atoms with Crippen molar-refractivity contribution in [3.63, 3.8) is 0 Å². The van der Waals surface area contributed by atoms with E-state index in [-0.39, 0.29) is 71.9 Å². The second-order valence-corrected chi connectivity index (χ2v) is 34.9. The number of carbonyl (C=O) groups is 2. The monoisotopic (exact) mass is 1260 g/mol. The third-order valence-electron chi connectivity index (χ3n) is 30.8. The molecule has 2 saturated heterocycles. The van der Waals surface area contributed by atoms with Crippen molar-refractivity contribution >= 4 is 11.8 Å². The highest BCUT2D eigenvalue weighted by Gasteiger charge is 2.73. The van der Waals surface area contributed by atoms with Gasteiger partial charge in [-0.3, -0.25) is 9.59 Å². The Morgan fingerprint density at radius 2 is 0.989 bits per heavy atom. The molecule has 0 aromatic heterocycles. The molecule has 13 nitrogen and oxygen atoms in total. The molecule has 90 heavy (non-hydrogen) atoms. The van der Waals surface area contributed by atoms with Crippen LogP contribution in [0.3, 0.4) is 0 Å². The van der Waals surface area contributed by atoms with E-state index in [0.29, 0.717) is 93.9 Å². The van der Waals surface area contributed by atoms with Gasteiger partial charge in [0, 0.05) is 64.2 Å². The third kappa shape index (κ3) is 12.7. The zero-order valence-corrected chi connectivity index (χ0v) is 58.5. The average Bonchev–Trinajstić information content (AvgIpc) is 0.951. The van der Waals surface area contributed by atoms with E-state index in [2.05, 4.69) is 86.4 Å². The van der Waals surface area contributed by atoms with Gasteiger partial charge in [0.2, 0.25) is 0 Å². The molecule has 12 aliphatic rings. The second kappa shape index (κ2) is 28.4. The van der Waals surface area contributed by atoms with Gasteiger partial charge in [-0.2, -0.15) is 0 Å². The van der Waals surface area contributed by atoms with Gasteiger partial charge in [-0.05, 0) is 268 Å². The van der Waals surface area contributed by atoms with Gasteiger partial charge in [0.25, 0.3) is 5.97 Å². The highest BCUT2D eigenvalue weighted by Crippen LogP contribution is 2.80. The Bertz CT molecular complexity index is 2460. The van der Waals surface area contributed by atoms with Crippen molar-refractivity contribution in [1.29, 1.82) is 0 Å². The quantitative estimate of drug-likeness (QED) is 0.0566. The van der Waals surface area contributed by atoms with Crippen LogP contribution in [0.1, 0.15) is 251 Å². The fourth-order valence-electron chi connectivity index (χ4n) is 25.8. The molecule has 518 valence electrons. The van der Waals surface area contributed by atoms with Gasteiger partial charge in [0.15, 0.2) is 12.6 Å². The van der Waals surface area contributed by atoms with Crippen LogP contribution in [0.4, 0.5) is 0 Å². The second-order valence-electron chi connectivity index (χ2n) is 34.9. The molecule has 0 amide bonds. The predicted molar refractivity (Wildman–Crippen MR) is 364 cm³/mol. The molecule has 0 radical (unpaired) electrons. The topological polar surface area (TPSA) is 217 Å². The van der Waals surface area contributed by atoms with Crippen molar-refractivity contribution in [1.82, 2.24) is 16.8 Å². The van der Waals surface area contributed by atoms with Gasteiger partial charge in [-0.15, -0.1) is 0 Å². The zero-order chi connectivity index (χ0) is 63.5. The van der Waals surface area contributed by atoms with Crippen molar-refractivity contribution < 1.29 is 43.9 Å². The molecule has 10 saturated carbocycles. The first-order chi connectivity index (χ1) is 41.6. The summed E-state index contributed by atoms with van der Waals surface area (Å²) in [6, 6.07) is 0.333. The first-order valence-corrected chi connectivity index (χ1v) is 36.5. The SMILES string of the molecule is C.C=C(CNCCO)[C@@H]1CC[C@]2(COC3CCCCO3)CC[C@]3(C)[C@H](CC[C@@H]4[C@@]5(C)CCC(=O)C(C)(C)[C@@H]5CC[C@]43C)[C@@H]12.C=C(CNCCO)[C@@H]1CC[C@]2(COC3CCCCO3)CC[C@]3(C)[C@H](CC[C@@H]4[C@@]5(C)CCC(N)C(C)(C)[C@@H]5CC[C@]43C)[C@@H]12.CC(=O)O.N. The molecule has 2 heterocycles. The van der Waals surface area contributed by atoms with Gasteiger partial charge < -0.3 is 56.8 Å². The molecular formula is C77H136N4O9. The number of carbonyl (C=O) groups excluding carboxylic acids is 1. The number of Topliss-reactive ketones (excluding diaryl/α,β-unsaturated/α-hetero) is 1. The molecule has 0 spiro atoms. The highest BCUT2D eigenvalue weighted by atomic mass is 16.7. The van der Waals surface area contributed by atoms with E-state index in [9.17, 15) is 15.0 Å². The van der Waals surface area contributed by atoms with Crippen molar-refractivity contribution in [2.75, 3.05) is 65.8 Å². The molecule has 12 fully saturated rings. The van der Waals surface area contributed by atoms with Crippen LogP contribution >= 0.6 is 0 Å². The Labute approximate surface area is 548 Å². The van der Waals surface area contributed by atoms with Crippen LogP contribution in [0.15, 0.2) is 24.3 Å². The molecule has 3 unspecified atom stereocenters. The minimum absolute atomic E-state index is 0. The molecule has 0 aromatic carbocycles. The zero-order valence-electron chi connectivity index (χ0n) is 58.5. The lowest BCUT2D eigenvalue weighted by molar-refractivity contribution is -0.249. The van der Waals surface area contributed by atoms with Gasteiger partial charge >= 0.3 is 0 Å². The van der Waals surface area contributed by atoms with Gasteiger partial charge in [-0.25, -0.2) is 0 Å². The molecule has 0 aromatic rings. The maximum atomic E-state index is 13.1. The summed E-state index contributed by atoms with van der Waals surface area (Å²) in [6.45, 7) is 42.7. The number of rotatable bonds is 16. The van der Waals surface area contributed by atoms with Gasteiger partial charge in [0.05, 0.1) is 26.4 Å². The van der Waals surface area contributed by atoms with E-state index in [4.69, 9.17) is 41.2 Å². The number of nitrogens with one attached hydrogen (secondary N) is 2. The first-order valence-electron chi connectivity index (χ1n) is 36.5. The Hall–Kier alpha value is -1.78. The number of nitrogens with two attached hydrogens (primary N) is 1. The van der Waals surface area contributed by atoms with E-state index in [1.165, 1.54) is 146 Å². The third-order valence-corrected chi connectivity index (χ3v) is 30.8. The summed E-state index contributed by atoms with van der Waals surface area (Å²) >= 11 is 0. The van der Waals surface area contributed by atoms with Crippen molar-refractivity contribution in [2.24, 2.45) is 119 Å². The summed E-state index contributed by atoms with van der Waals surface area (Å²) in [6.07, 6.45) is 31.7. The summed E-state index contributed by atoms with van der Waals surface area (Å²) in [7, 11) is 0. The van der Waals surface area contributed by atoms with E-state index in [1.54, 1.807) is 0 Å². The summed E-state index contributed by atoms with van der Waals surface area (Å²) < 4.78 is 25.5. The Balaban J connectivity index is 0.000000215. The molecule has 12 rings (SSSR count). The number of carboxylic acids is 1. The lowest BCUT2D eigenvalue weighted by Gasteiger charge is -2.73. The minimum atomic E-state index is -0.833. The van der Waals surface area contributed by atoms with Crippen LogP contribution in [0.5, 0.6) is 0 Å². The number of aliphatic hydroxyl groups excluding tert-OH is 2. The van der Waals surface area contributed by atoms with Crippen molar-refractivity contribution in [3.05, 3.63) is 24.3 Å². The van der Waals surface area contributed by atoms with E-state index in [1.807, 2.05) is 0 Å². The van der Waals surface area contributed by atoms with E-state index in [0.717, 1.165) is 90.4 Å². The first kappa shape index (κ1) is 74.0. The van der Waals surface area contributed by atoms with Crippen LogP contribution in [0.2, 0.25) is 0 Å². The van der Waals surface area contributed by atoms with Crippen LogP contribution in [-0.4, -0.2) is 112 Å². The highest BCUT2D eigenvalue weighted by molar-refractivity contribution is 5.85. The molecule has 21 atom stereocenters. The maximum absolute atomic E-state index is 13.1. The fraction of sp³-hybridized carbons (Fsp3) is 0.922. The number of aliphatic hydroxyl groups is 2. The summed E-state index contributed by atoms with van der Waals surface area (Å²) in [4.78, 5) is 22.1. The standard InChI is InChI=1S/C37H64N2O3.C37H61NO4.C2H4O2.CH4.H3N/c1-25(23-39-20-21-40)26-12-17-37(24-42-31-9-7-8-22-41-31)19-18-35(5)27(32(26)37)10-11-29-34(4)15-14-30(38)33(2,3)28(34)13-16-36(29,35)6;1-25(23-38-20-21-39)26-12-17-37(24-42-31-9-7-8-22-41-31)19-18-35(5)27(32(26)37)10-11-29-34(4)15-14-30(40)33(2,3)28(34)13-16-36(29,35)6;1-2(3)4;;/h26-32,39-40H,1,7-24,38H2,2-6H3;26-29,31-32,38-39H,1,7-24H2,2-6H3;1H3,(H,3,4);1H4;1H3/t26-,27+,28-,29+,30?,31?,32+,34-,35+,36+,37+;26-,27+,28-,29+,31?,32+,34-,35+,36+,37+;;;/m00.../s1. The Kier molecular flexibility index (Phi) is 23.3. The average molecular weight is 1260 g/mol. The Morgan fingerprint density at radius 1 is 0.556 bits per heavy atom. The summed E-state index contributed by atoms with van der Waals surface area (Å²) in [5.74, 6) is 6.02. The summed E-state index contributed by atoms with van der Waals surface area (Å²) in [5.41, 5.74) is 11.9. The van der Waals surface area contributed by atoms with E-state index < -0.39 is 5.97 Å². The molecule has 2 aliphatic heterocycles. The van der Waals surface area contributed by atoms with Gasteiger partial charge in [-0.1, -0.05) is 101 Å². The molecule has 0 bridgehead atoms. The molecule has 13 heteroatoms. The minimum Gasteiger partial charge on any atom is -0.481 e. The molecule has 10 aliphatic carbocycles. The number of carboxylic acid groups (broad SMARTS) is 1. The number of fused-ring (bicyclic) bond motifs is 14. The lowest BCUT2D eigenvalue weighted by atomic mass is 9.32. The number of hydrogen-bond donors (Lipinski definition) is 7. The maximum Gasteiger partial charge on any atom is 0.300 e. The van der Waals surface area contributed by atoms with Crippen LogP contribution in [0, 0.1) is 113 Å². The molecular weight excluding hydrogens is 1120 g/mol. The van der Waals surface area contributed by atoms with Crippen LogP contribution in [0.25, 0.3) is 0 Å². The smallest absolute Gasteiger partial charge is 0.300 e. The number of ether oxygens (including phenoxy) is 4. The number of aliphatic carboxylic acids is 1. The largest absolute Gasteiger partial charge is 0.481 e. The fourth-order valence-corrected chi connectivity index (χ4v) is 25.8. The van der Waals surface area contributed by atoms with E-state index >= 15 is 0 Å². The van der Waals surface area contributed by atoms with Gasteiger partial charge in [0.1, 0.15) is 5.78 Å². The number of hydrogen-bond acceptors (Lipinski definition) is 12. The van der Waals surface area contributed by atoms with Crippen LogP contribution < -0.4 is 22.5 Å². The summed E-state index contributed by atoms with van der Waals surface area (Å²) in [5, 5.41) is 33.2. The Morgan fingerprint density at radius 3 is 1.41 bits per heavy atom. The molecule has 10 N–H and O–H groups in total. The van der Waals surface area contributed by atoms with Crippen molar-refractivity contribution in [3.8, 4) is 0 Å². The lowest BCUT2D eigenvalue weighted by Crippen LogP contribution is -2.67. The van der Waals surface area contributed by atoms with Crippen molar-refractivity contribution in [2.45, 2.75) is 269 Å². The number of ketones is 1. The predicted octanol–water partition coefficient (Wildman–Crippen LogP) is 15.3. The van der Waals surface area contributed by atoms with Crippen LogP contribution in [-0.2, 0) is 28.5 Å².